The number of hydrogen-bond acceptors (Lipinski definition) is 4. The van der Waals surface area contributed by atoms with Gasteiger partial charge in [0.1, 0.15) is 5.75 Å². The highest BCUT2D eigenvalue weighted by molar-refractivity contribution is 5.90. The molecule has 0 saturated carbocycles. The van der Waals surface area contributed by atoms with Gasteiger partial charge in [-0.3, -0.25) is 0 Å². The molecule has 0 amide bonds. The minimum Gasteiger partial charge on any atom is -0.492 e. The maximum atomic E-state index is 11.8. The van der Waals surface area contributed by atoms with Gasteiger partial charge in [-0.1, -0.05) is 34.6 Å². The molecule has 2 aromatic carbocycles. The number of carbonyl (C=O) groups excluding carboxylic acids is 1. The predicted molar refractivity (Wildman–Crippen MR) is 119 cm³/mol. The van der Waals surface area contributed by atoms with Crippen molar-refractivity contribution >= 4 is 17.3 Å². The van der Waals surface area contributed by atoms with E-state index in [-0.39, 0.29) is 16.8 Å². The Bertz CT molecular complexity index is 921. The van der Waals surface area contributed by atoms with Crippen molar-refractivity contribution in [2.24, 2.45) is 0 Å². The molecular weight excluding hydrogens is 362 g/mol. The minimum absolute atomic E-state index is 0.0219. The van der Waals surface area contributed by atoms with Gasteiger partial charge in [-0.15, -0.1) is 0 Å². The molecule has 2 aromatic rings. The van der Waals surface area contributed by atoms with Crippen LogP contribution in [0.1, 0.15) is 68.6 Å². The number of nitrogens with zero attached hydrogens (tertiary/aromatic N) is 1. The third-order valence-corrected chi connectivity index (χ3v) is 5.78. The van der Waals surface area contributed by atoms with Crippen LogP contribution >= 0.6 is 0 Å². The van der Waals surface area contributed by atoms with Crippen molar-refractivity contribution in [2.75, 3.05) is 25.2 Å². The zero-order chi connectivity index (χ0) is 21.6. The van der Waals surface area contributed by atoms with Gasteiger partial charge in [0, 0.05) is 34.5 Å². The van der Waals surface area contributed by atoms with Crippen molar-refractivity contribution in [2.45, 2.75) is 59.3 Å². The van der Waals surface area contributed by atoms with Crippen molar-refractivity contribution in [3.05, 3.63) is 52.6 Å². The smallest absolute Gasteiger partial charge is 0.337 e. The van der Waals surface area contributed by atoms with E-state index in [0.29, 0.717) is 12.2 Å². The summed E-state index contributed by atoms with van der Waals surface area (Å²) in [6.45, 7) is 17.1. The summed E-state index contributed by atoms with van der Waals surface area (Å²) < 4.78 is 11.0. The molecule has 1 aliphatic heterocycles. The largest absolute Gasteiger partial charge is 0.492 e. The SMILES string of the molecule is CCN(c1ccc(C(=O)OC)cc1)c1cc2c(c(C(C)(C)C)c1C)OCC2(C)C. The van der Waals surface area contributed by atoms with Gasteiger partial charge in [0.15, 0.2) is 0 Å². The highest BCUT2D eigenvalue weighted by Gasteiger charge is 2.38. The second-order valence-electron chi connectivity index (χ2n) is 9.48. The highest BCUT2D eigenvalue weighted by atomic mass is 16.5. The van der Waals surface area contributed by atoms with E-state index in [9.17, 15) is 4.79 Å². The Balaban J connectivity index is 2.17. The molecule has 4 heteroatoms. The van der Waals surface area contributed by atoms with E-state index in [1.165, 1.54) is 29.5 Å². The highest BCUT2D eigenvalue weighted by Crippen LogP contribution is 2.49. The second kappa shape index (κ2) is 7.40. The first-order valence-corrected chi connectivity index (χ1v) is 10.3. The first-order chi connectivity index (χ1) is 13.5. The van der Waals surface area contributed by atoms with Crippen LogP contribution in [-0.2, 0) is 15.6 Å². The van der Waals surface area contributed by atoms with Crippen LogP contribution in [0.4, 0.5) is 11.4 Å². The normalized spacial score (nSPS) is 14.9. The average Bonchev–Trinajstić information content (AvgIpc) is 2.95. The number of ether oxygens (including phenoxy) is 2. The maximum absolute atomic E-state index is 11.8. The molecule has 3 rings (SSSR count). The van der Waals surface area contributed by atoms with Crippen LogP contribution in [0.5, 0.6) is 5.75 Å². The van der Waals surface area contributed by atoms with Crippen molar-refractivity contribution in [1.29, 1.82) is 0 Å². The molecule has 0 aromatic heterocycles. The molecule has 29 heavy (non-hydrogen) atoms. The van der Waals surface area contributed by atoms with Gasteiger partial charge in [-0.25, -0.2) is 4.79 Å². The van der Waals surface area contributed by atoms with Gasteiger partial charge in [0.25, 0.3) is 0 Å². The van der Waals surface area contributed by atoms with Gasteiger partial charge < -0.3 is 14.4 Å². The Morgan fingerprint density at radius 1 is 1.21 bits per heavy atom. The molecule has 0 aliphatic carbocycles. The standard InChI is InChI=1S/C25H33NO3/c1-9-26(18-12-10-17(11-13-18)23(27)28-8)20-14-19-22(29-15-25(19,6)7)21(16(20)2)24(3,4)5/h10-14H,9,15H2,1-8H3. The summed E-state index contributed by atoms with van der Waals surface area (Å²) in [7, 11) is 1.40. The lowest BCUT2D eigenvalue weighted by Gasteiger charge is -2.32. The second-order valence-corrected chi connectivity index (χ2v) is 9.48. The fourth-order valence-electron chi connectivity index (χ4n) is 4.30. The van der Waals surface area contributed by atoms with E-state index < -0.39 is 0 Å². The van der Waals surface area contributed by atoms with Gasteiger partial charge in [0.2, 0.25) is 0 Å². The first-order valence-electron chi connectivity index (χ1n) is 10.3. The van der Waals surface area contributed by atoms with Crippen molar-refractivity contribution < 1.29 is 14.3 Å². The van der Waals surface area contributed by atoms with Gasteiger partial charge in [0.05, 0.1) is 19.3 Å². The number of fused-ring (bicyclic) bond motifs is 1. The quantitative estimate of drug-likeness (QED) is 0.604. The molecule has 156 valence electrons. The van der Waals surface area contributed by atoms with Gasteiger partial charge >= 0.3 is 5.97 Å². The Labute approximate surface area is 174 Å². The Hall–Kier alpha value is -2.49. The average molecular weight is 396 g/mol. The summed E-state index contributed by atoms with van der Waals surface area (Å²) in [4.78, 5) is 14.1. The van der Waals surface area contributed by atoms with Crippen LogP contribution in [0, 0.1) is 6.92 Å². The summed E-state index contributed by atoms with van der Waals surface area (Å²) in [6, 6.07) is 9.92. The number of methoxy groups -OCH3 is 1. The van der Waals surface area contributed by atoms with E-state index in [1.807, 2.05) is 24.3 Å². The van der Waals surface area contributed by atoms with E-state index >= 15 is 0 Å². The zero-order valence-corrected chi connectivity index (χ0v) is 19.0. The molecule has 4 nitrogen and oxygen atoms in total. The molecule has 0 saturated heterocycles. The number of anilines is 2. The number of esters is 1. The van der Waals surface area contributed by atoms with E-state index in [1.54, 1.807) is 0 Å². The maximum Gasteiger partial charge on any atom is 0.337 e. The summed E-state index contributed by atoms with van der Waals surface area (Å²) in [6.07, 6.45) is 0. The Kier molecular flexibility index (Phi) is 5.42. The predicted octanol–water partition coefficient (Wildman–Crippen LogP) is 5.91. The van der Waals surface area contributed by atoms with E-state index in [2.05, 4.69) is 59.4 Å². The summed E-state index contributed by atoms with van der Waals surface area (Å²) in [5.41, 5.74) is 6.55. The molecule has 0 atom stereocenters. The van der Waals surface area contributed by atoms with Crippen molar-refractivity contribution in [1.82, 2.24) is 0 Å². The molecule has 0 spiro atoms. The fraction of sp³-hybridized carbons (Fsp3) is 0.480. The summed E-state index contributed by atoms with van der Waals surface area (Å²) >= 11 is 0. The van der Waals surface area contributed by atoms with E-state index in [0.717, 1.165) is 18.0 Å². The summed E-state index contributed by atoms with van der Waals surface area (Å²) in [5.74, 6) is 0.739. The summed E-state index contributed by atoms with van der Waals surface area (Å²) in [5, 5.41) is 0. The number of rotatable bonds is 4. The lowest BCUT2D eigenvalue weighted by Crippen LogP contribution is -2.23. The number of benzene rings is 2. The molecule has 1 heterocycles. The first kappa shape index (κ1) is 21.2. The third-order valence-electron chi connectivity index (χ3n) is 5.78. The lowest BCUT2D eigenvalue weighted by molar-refractivity contribution is 0.0600. The van der Waals surface area contributed by atoms with Crippen LogP contribution < -0.4 is 9.64 Å². The van der Waals surface area contributed by atoms with Crippen LogP contribution in [0.2, 0.25) is 0 Å². The topological polar surface area (TPSA) is 38.8 Å². The van der Waals surface area contributed by atoms with Crippen LogP contribution in [0.3, 0.4) is 0 Å². The molecule has 0 fully saturated rings. The van der Waals surface area contributed by atoms with Crippen LogP contribution in [-0.4, -0.2) is 26.2 Å². The monoisotopic (exact) mass is 395 g/mol. The Morgan fingerprint density at radius 2 is 1.83 bits per heavy atom. The third kappa shape index (κ3) is 3.73. The van der Waals surface area contributed by atoms with Gasteiger partial charge in [-0.2, -0.15) is 0 Å². The number of carbonyl (C=O) groups is 1. The van der Waals surface area contributed by atoms with Crippen LogP contribution in [0.25, 0.3) is 0 Å². The lowest BCUT2D eigenvalue weighted by atomic mass is 9.77. The Morgan fingerprint density at radius 3 is 2.34 bits per heavy atom. The number of hydrogen-bond donors (Lipinski definition) is 0. The molecule has 0 radical (unpaired) electrons. The minimum atomic E-state index is -0.317. The van der Waals surface area contributed by atoms with Crippen molar-refractivity contribution in [3.8, 4) is 5.75 Å². The van der Waals surface area contributed by atoms with Gasteiger partial charge in [-0.05, 0) is 55.2 Å². The van der Waals surface area contributed by atoms with Crippen molar-refractivity contribution in [3.63, 3.8) is 0 Å². The molecular formula is C25H33NO3. The fourth-order valence-corrected chi connectivity index (χ4v) is 4.30. The van der Waals surface area contributed by atoms with Crippen LogP contribution in [0.15, 0.2) is 30.3 Å². The molecule has 1 aliphatic rings. The molecule has 0 N–H and O–H groups in total. The van der Waals surface area contributed by atoms with E-state index in [4.69, 9.17) is 9.47 Å². The zero-order valence-electron chi connectivity index (χ0n) is 19.0. The molecule has 0 bridgehead atoms. The molecule has 0 unspecified atom stereocenters.